The molecule has 0 spiro atoms. The summed E-state index contributed by atoms with van der Waals surface area (Å²) >= 11 is 1.54. The SMILES string of the molecule is COC(=O)Oc1cc2c(c3c1sc1ccccc13)CC=CN2C(=O)OC. The molecule has 0 N–H and O–H groups in total. The Morgan fingerprint density at radius 2 is 1.96 bits per heavy atom. The van der Waals surface area contributed by atoms with Gasteiger partial charge in [0.25, 0.3) is 0 Å². The monoisotopic (exact) mass is 369 g/mol. The summed E-state index contributed by atoms with van der Waals surface area (Å²) in [5.41, 5.74) is 1.62. The molecule has 0 atom stereocenters. The van der Waals surface area contributed by atoms with Gasteiger partial charge in [0, 0.05) is 27.7 Å². The van der Waals surface area contributed by atoms with Crippen LogP contribution < -0.4 is 9.64 Å². The van der Waals surface area contributed by atoms with Crippen LogP contribution in [0.5, 0.6) is 5.75 Å². The molecule has 1 aliphatic heterocycles. The van der Waals surface area contributed by atoms with Crippen molar-refractivity contribution in [2.45, 2.75) is 6.42 Å². The fraction of sp³-hybridized carbons (Fsp3) is 0.158. The van der Waals surface area contributed by atoms with Crippen LogP contribution in [0.4, 0.5) is 15.3 Å². The van der Waals surface area contributed by atoms with Crippen molar-refractivity contribution in [1.29, 1.82) is 0 Å². The third-order valence-electron chi connectivity index (χ3n) is 4.27. The first-order valence-electron chi connectivity index (χ1n) is 7.90. The van der Waals surface area contributed by atoms with Gasteiger partial charge in [-0.25, -0.2) is 9.59 Å². The highest BCUT2D eigenvalue weighted by Gasteiger charge is 2.26. The summed E-state index contributed by atoms with van der Waals surface area (Å²) in [7, 11) is 2.58. The van der Waals surface area contributed by atoms with Crippen LogP contribution in [0, 0.1) is 0 Å². The summed E-state index contributed by atoms with van der Waals surface area (Å²) in [5.74, 6) is 0.357. The van der Waals surface area contributed by atoms with Gasteiger partial charge in [-0.3, -0.25) is 4.90 Å². The van der Waals surface area contributed by atoms with E-state index in [1.807, 2.05) is 30.3 Å². The smallest absolute Gasteiger partial charge is 0.452 e. The van der Waals surface area contributed by atoms with Gasteiger partial charge < -0.3 is 14.2 Å². The van der Waals surface area contributed by atoms with E-state index in [-0.39, 0.29) is 0 Å². The lowest BCUT2D eigenvalue weighted by molar-refractivity contribution is 0.122. The second kappa shape index (κ2) is 6.34. The van der Waals surface area contributed by atoms with Crippen LogP contribution in [0.3, 0.4) is 0 Å². The van der Waals surface area contributed by atoms with Crippen LogP contribution in [0.15, 0.2) is 42.6 Å². The highest BCUT2D eigenvalue weighted by molar-refractivity contribution is 7.26. The van der Waals surface area contributed by atoms with E-state index in [0.29, 0.717) is 17.9 Å². The Kier molecular flexibility index (Phi) is 4.00. The Morgan fingerprint density at radius 3 is 2.73 bits per heavy atom. The third kappa shape index (κ3) is 2.48. The van der Waals surface area contributed by atoms with Crippen molar-refractivity contribution in [3.63, 3.8) is 0 Å². The molecule has 4 rings (SSSR count). The summed E-state index contributed by atoms with van der Waals surface area (Å²) in [4.78, 5) is 25.3. The highest BCUT2D eigenvalue weighted by atomic mass is 32.1. The van der Waals surface area contributed by atoms with Crippen LogP contribution in [0.1, 0.15) is 5.56 Å². The number of hydrogen-bond acceptors (Lipinski definition) is 6. The number of carbonyl (C=O) groups excluding carboxylic acids is 2. The van der Waals surface area contributed by atoms with Crippen molar-refractivity contribution in [2.24, 2.45) is 0 Å². The number of amides is 1. The number of benzene rings is 2. The summed E-state index contributed by atoms with van der Waals surface area (Å²) in [6.07, 6.45) is 2.92. The number of anilines is 1. The standard InChI is InChI=1S/C19H15NO5S/c1-23-18(21)20-9-5-7-11-13(20)10-14(25-19(22)24-2)17-16(11)12-6-3-4-8-15(12)26-17/h3-6,8-10H,7H2,1-2H3. The number of carbonyl (C=O) groups is 2. The van der Waals surface area contributed by atoms with Gasteiger partial charge in [-0.2, -0.15) is 0 Å². The topological polar surface area (TPSA) is 65.1 Å². The molecule has 0 bridgehead atoms. The van der Waals surface area contributed by atoms with Crippen molar-refractivity contribution < 1.29 is 23.8 Å². The zero-order valence-corrected chi connectivity index (χ0v) is 15.0. The lowest BCUT2D eigenvalue weighted by Gasteiger charge is -2.25. The molecule has 132 valence electrons. The van der Waals surface area contributed by atoms with Gasteiger partial charge in [0.05, 0.1) is 24.6 Å². The fourth-order valence-corrected chi connectivity index (χ4v) is 4.35. The van der Waals surface area contributed by atoms with E-state index in [9.17, 15) is 9.59 Å². The number of rotatable bonds is 1. The largest absolute Gasteiger partial charge is 0.513 e. The first-order chi connectivity index (χ1) is 12.6. The first-order valence-corrected chi connectivity index (χ1v) is 8.72. The number of fused-ring (bicyclic) bond motifs is 5. The van der Waals surface area contributed by atoms with Crippen LogP contribution >= 0.6 is 11.3 Å². The zero-order valence-electron chi connectivity index (χ0n) is 14.1. The highest BCUT2D eigenvalue weighted by Crippen LogP contribution is 2.46. The van der Waals surface area contributed by atoms with E-state index >= 15 is 0 Å². The molecule has 0 unspecified atom stereocenters. The minimum atomic E-state index is -0.806. The molecule has 26 heavy (non-hydrogen) atoms. The number of ether oxygens (including phenoxy) is 3. The van der Waals surface area contributed by atoms with E-state index in [0.717, 1.165) is 25.7 Å². The zero-order chi connectivity index (χ0) is 18.3. The fourth-order valence-electron chi connectivity index (χ4n) is 3.17. The number of thiophene rings is 1. The van der Waals surface area contributed by atoms with Crippen LogP contribution in [-0.4, -0.2) is 26.5 Å². The molecule has 6 nitrogen and oxygen atoms in total. The Morgan fingerprint density at radius 1 is 1.15 bits per heavy atom. The van der Waals surface area contributed by atoms with Gasteiger partial charge in [0.15, 0.2) is 5.75 Å². The summed E-state index contributed by atoms with van der Waals surface area (Å²) < 4.78 is 16.8. The Labute approximate surface area is 153 Å². The average molecular weight is 369 g/mol. The Bertz CT molecular complexity index is 1070. The van der Waals surface area contributed by atoms with Crippen molar-refractivity contribution in [3.8, 4) is 5.75 Å². The minimum absolute atomic E-state index is 0.357. The third-order valence-corrected chi connectivity index (χ3v) is 5.45. The molecule has 1 aliphatic rings. The molecule has 0 fully saturated rings. The molecular weight excluding hydrogens is 354 g/mol. The molecule has 1 aromatic heterocycles. The maximum absolute atomic E-state index is 12.2. The predicted molar refractivity (Wildman–Crippen MR) is 100 cm³/mol. The molecule has 1 amide bonds. The number of hydrogen-bond donors (Lipinski definition) is 0. The molecule has 7 heteroatoms. The van der Waals surface area contributed by atoms with Crippen LogP contribution in [0.2, 0.25) is 0 Å². The van der Waals surface area contributed by atoms with Crippen LogP contribution in [-0.2, 0) is 15.9 Å². The van der Waals surface area contributed by atoms with Gasteiger partial charge in [0.1, 0.15) is 0 Å². The molecule has 0 radical (unpaired) electrons. The van der Waals surface area contributed by atoms with Gasteiger partial charge in [-0.15, -0.1) is 11.3 Å². The van der Waals surface area contributed by atoms with E-state index < -0.39 is 12.2 Å². The molecular formula is C19H15NO5S. The van der Waals surface area contributed by atoms with E-state index in [1.54, 1.807) is 12.3 Å². The number of nitrogens with zero attached hydrogens (tertiary/aromatic N) is 1. The van der Waals surface area contributed by atoms with Crippen molar-refractivity contribution in [3.05, 3.63) is 48.2 Å². The second-order valence-electron chi connectivity index (χ2n) is 5.66. The predicted octanol–water partition coefficient (Wildman–Crippen LogP) is 4.84. The van der Waals surface area contributed by atoms with Crippen molar-refractivity contribution in [1.82, 2.24) is 0 Å². The average Bonchev–Trinajstić information content (AvgIpc) is 3.07. The van der Waals surface area contributed by atoms with Gasteiger partial charge in [0.2, 0.25) is 0 Å². The quantitative estimate of drug-likeness (QED) is 0.453. The first kappa shape index (κ1) is 16.4. The molecule has 0 saturated heterocycles. The summed E-state index contributed by atoms with van der Waals surface area (Å²) in [6, 6.07) is 9.66. The lowest BCUT2D eigenvalue weighted by atomic mass is 9.98. The molecule has 0 aliphatic carbocycles. The van der Waals surface area contributed by atoms with Crippen molar-refractivity contribution >= 4 is 49.4 Å². The van der Waals surface area contributed by atoms with E-state index in [4.69, 9.17) is 9.47 Å². The summed E-state index contributed by atoms with van der Waals surface area (Å²) in [6.45, 7) is 0. The van der Waals surface area contributed by atoms with E-state index in [2.05, 4.69) is 4.74 Å². The molecule has 3 aromatic rings. The van der Waals surface area contributed by atoms with Gasteiger partial charge in [-0.1, -0.05) is 24.3 Å². The second-order valence-corrected chi connectivity index (χ2v) is 6.71. The number of allylic oxidation sites excluding steroid dienone is 1. The Hall–Kier alpha value is -3.06. The maximum Gasteiger partial charge on any atom is 0.513 e. The minimum Gasteiger partial charge on any atom is -0.452 e. The van der Waals surface area contributed by atoms with E-state index in [1.165, 1.54) is 30.5 Å². The molecule has 0 saturated carbocycles. The number of methoxy groups -OCH3 is 2. The molecule has 2 heterocycles. The molecule has 2 aromatic carbocycles. The summed E-state index contributed by atoms with van der Waals surface area (Å²) in [5, 5.41) is 2.03. The van der Waals surface area contributed by atoms with Gasteiger partial charge >= 0.3 is 12.2 Å². The van der Waals surface area contributed by atoms with Crippen LogP contribution in [0.25, 0.3) is 20.2 Å². The van der Waals surface area contributed by atoms with Crippen molar-refractivity contribution in [2.75, 3.05) is 19.1 Å². The van der Waals surface area contributed by atoms with Gasteiger partial charge in [-0.05, 0) is 18.1 Å². The normalized spacial score (nSPS) is 12.9. The Balaban J connectivity index is 2.05. The maximum atomic E-state index is 12.2. The lowest BCUT2D eigenvalue weighted by Crippen LogP contribution is -2.28.